The van der Waals surface area contributed by atoms with E-state index in [2.05, 4.69) is 14.9 Å². The van der Waals surface area contributed by atoms with Crippen molar-refractivity contribution in [1.29, 1.82) is 0 Å². The molecule has 1 unspecified atom stereocenters. The van der Waals surface area contributed by atoms with E-state index in [4.69, 9.17) is 0 Å². The highest BCUT2D eigenvalue weighted by molar-refractivity contribution is 7.89. The Morgan fingerprint density at radius 3 is 2.35 bits per heavy atom. The molecule has 26 heavy (non-hydrogen) atoms. The number of carbonyl (C=O) groups is 1. The van der Waals surface area contributed by atoms with Crippen molar-refractivity contribution in [1.82, 2.24) is 19.8 Å². The highest BCUT2D eigenvalue weighted by Gasteiger charge is 2.24. The van der Waals surface area contributed by atoms with E-state index in [1.54, 1.807) is 24.3 Å². The summed E-state index contributed by atoms with van der Waals surface area (Å²) < 4.78 is 27.2. The van der Waals surface area contributed by atoms with Crippen LogP contribution in [-0.4, -0.2) is 77.0 Å². The van der Waals surface area contributed by atoms with Gasteiger partial charge in [-0.2, -0.15) is 0 Å². The summed E-state index contributed by atoms with van der Waals surface area (Å²) in [6, 6.07) is 6.82. The van der Waals surface area contributed by atoms with Gasteiger partial charge in [-0.1, -0.05) is 24.6 Å². The molecular formula is C18H30N4O3S. The zero-order valence-electron chi connectivity index (χ0n) is 15.9. The number of piperazine rings is 1. The largest absolute Gasteiger partial charge is 0.340 e. The van der Waals surface area contributed by atoms with Crippen molar-refractivity contribution in [2.24, 2.45) is 5.92 Å². The lowest BCUT2D eigenvalue weighted by Crippen LogP contribution is -2.52. The van der Waals surface area contributed by atoms with Crippen molar-refractivity contribution in [3.8, 4) is 0 Å². The van der Waals surface area contributed by atoms with Crippen LogP contribution in [-0.2, 0) is 14.8 Å². The third kappa shape index (κ3) is 5.77. The zero-order valence-corrected chi connectivity index (χ0v) is 16.7. The molecule has 1 saturated heterocycles. The van der Waals surface area contributed by atoms with Crippen molar-refractivity contribution < 1.29 is 13.2 Å². The van der Waals surface area contributed by atoms with Crippen LogP contribution in [0.3, 0.4) is 0 Å². The molecule has 1 aromatic rings. The lowest BCUT2D eigenvalue weighted by atomic mass is 10.1. The summed E-state index contributed by atoms with van der Waals surface area (Å²) in [6.07, 6.45) is 0. The predicted molar refractivity (Wildman–Crippen MR) is 102 cm³/mol. The van der Waals surface area contributed by atoms with E-state index in [0.29, 0.717) is 32.7 Å². The Balaban J connectivity index is 1.75. The summed E-state index contributed by atoms with van der Waals surface area (Å²) in [5.41, 5.74) is 1.03. The molecule has 1 atom stereocenters. The average molecular weight is 383 g/mol. The summed E-state index contributed by atoms with van der Waals surface area (Å²) in [7, 11) is -1.62. The van der Waals surface area contributed by atoms with Gasteiger partial charge in [0.05, 0.1) is 4.90 Å². The number of rotatable bonds is 8. The molecule has 2 rings (SSSR count). The molecule has 0 aromatic heterocycles. The molecule has 0 saturated carbocycles. The van der Waals surface area contributed by atoms with E-state index in [9.17, 15) is 13.2 Å². The van der Waals surface area contributed by atoms with Gasteiger partial charge in [0.1, 0.15) is 0 Å². The number of sulfonamides is 1. The van der Waals surface area contributed by atoms with Gasteiger partial charge in [0.25, 0.3) is 0 Å². The number of amides is 1. The van der Waals surface area contributed by atoms with Crippen LogP contribution in [0.4, 0.5) is 0 Å². The normalized spacial score (nSPS) is 17.3. The van der Waals surface area contributed by atoms with Gasteiger partial charge in [0.15, 0.2) is 0 Å². The standard InChI is InChI=1S/C18H30N4O3S/c1-15-4-6-17(7-5-15)26(24,25)20-8-9-21-10-12-22(13-11-21)18(23)16(2)14-19-3/h4-7,16,19-20H,8-14H2,1-3H3. The van der Waals surface area contributed by atoms with Crippen molar-refractivity contribution in [3.63, 3.8) is 0 Å². The van der Waals surface area contributed by atoms with E-state index < -0.39 is 10.0 Å². The summed E-state index contributed by atoms with van der Waals surface area (Å²) in [4.78, 5) is 16.7. The minimum absolute atomic E-state index is 0.0205. The highest BCUT2D eigenvalue weighted by Crippen LogP contribution is 2.10. The quantitative estimate of drug-likeness (QED) is 0.675. The minimum Gasteiger partial charge on any atom is -0.340 e. The van der Waals surface area contributed by atoms with Crippen LogP contribution < -0.4 is 10.0 Å². The van der Waals surface area contributed by atoms with E-state index in [1.807, 2.05) is 25.8 Å². The Morgan fingerprint density at radius 1 is 1.15 bits per heavy atom. The maximum Gasteiger partial charge on any atom is 0.240 e. The second-order valence-corrected chi connectivity index (χ2v) is 8.60. The Morgan fingerprint density at radius 2 is 1.77 bits per heavy atom. The molecule has 0 aliphatic carbocycles. The Bertz CT molecular complexity index is 683. The first kappa shape index (κ1) is 20.8. The molecule has 0 bridgehead atoms. The van der Waals surface area contributed by atoms with Crippen molar-refractivity contribution in [3.05, 3.63) is 29.8 Å². The van der Waals surface area contributed by atoms with E-state index >= 15 is 0 Å². The number of carbonyl (C=O) groups excluding carboxylic acids is 1. The number of benzene rings is 1. The van der Waals surface area contributed by atoms with Gasteiger partial charge in [-0.3, -0.25) is 9.69 Å². The SMILES string of the molecule is CNCC(C)C(=O)N1CCN(CCNS(=O)(=O)c2ccc(C)cc2)CC1. The topological polar surface area (TPSA) is 81.8 Å². The average Bonchev–Trinajstić information content (AvgIpc) is 2.62. The van der Waals surface area contributed by atoms with Gasteiger partial charge in [0, 0.05) is 51.7 Å². The third-order valence-corrected chi connectivity index (χ3v) is 6.14. The molecule has 7 nitrogen and oxygen atoms in total. The summed E-state index contributed by atoms with van der Waals surface area (Å²) in [5.74, 6) is 0.159. The van der Waals surface area contributed by atoms with E-state index in [1.165, 1.54) is 0 Å². The van der Waals surface area contributed by atoms with Crippen LogP contribution in [0.5, 0.6) is 0 Å². The molecule has 1 fully saturated rings. The summed E-state index contributed by atoms with van der Waals surface area (Å²) in [6.45, 7) is 8.46. The predicted octanol–water partition coefficient (Wildman–Crippen LogP) is 0.273. The summed E-state index contributed by atoms with van der Waals surface area (Å²) >= 11 is 0. The first-order chi connectivity index (χ1) is 12.3. The molecule has 0 radical (unpaired) electrons. The van der Waals surface area contributed by atoms with Crippen LogP contribution in [0.1, 0.15) is 12.5 Å². The minimum atomic E-state index is -3.47. The highest BCUT2D eigenvalue weighted by atomic mass is 32.2. The molecule has 1 aromatic carbocycles. The van der Waals surface area contributed by atoms with Crippen LogP contribution in [0.15, 0.2) is 29.2 Å². The second kappa shape index (κ2) is 9.45. The molecule has 1 aliphatic rings. The molecule has 1 heterocycles. The van der Waals surface area contributed by atoms with Crippen molar-refractivity contribution >= 4 is 15.9 Å². The lowest BCUT2D eigenvalue weighted by molar-refractivity contribution is -0.136. The molecule has 0 spiro atoms. The second-order valence-electron chi connectivity index (χ2n) is 6.84. The Labute approximate surface area is 156 Å². The van der Waals surface area contributed by atoms with Gasteiger partial charge >= 0.3 is 0 Å². The van der Waals surface area contributed by atoms with Crippen molar-refractivity contribution in [2.75, 3.05) is 52.9 Å². The first-order valence-corrected chi connectivity index (χ1v) is 10.5. The van der Waals surface area contributed by atoms with E-state index in [0.717, 1.165) is 18.7 Å². The summed E-state index contributed by atoms with van der Waals surface area (Å²) in [5, 5.41) is 3.03. The molecule has 1 amide bonds. The first-order valence-electron chi connectivity index (χ1n) is 9.05. The van der Waals surface area contributed by atoms with Crippen LogP contribution >= 0.6 is 0 Å². The fourth-order valence-corrected chi connectivity index (χ4v) is 4.06. The van der Waals surface area contributed by atoms with Gasteiger partial charge in [-0.25, -0.2) is 13.1 Å². The molecular weight excluding hydrogens is 352 g/mol. The maximum atomic E-state index is 12.3. The Hall–Kier alpha value is -1.48. The van der Waals surface area contributed by atoms with Crippen LogP contribution in [0.25, 0.3) is 0 Å². The Kier molecular flexibility index (Phi) is 7.57. The number of nitrogens with zero attached hydrogens (tertiary/aromatic N) is 2. The smallest absolute Gasteiger partial charge is 0.240 e. The van der Waals surface area contributed by atoms with Gasteiger partial charge in [-0.15, -0.1) is 0 Å². The lowest BCUT2D eigenvalue weighted by Gasteiger charge is -2.36. The molecule has 8 heteroatoms. The van der Waals surface area contributed by atoms with Gasteiger partial charge in [-0.05, 0) is 26.1 Å². The molecule has 146 valence electrons. The number of aryl methyl sites for hydroxylation is 1. The van der Waals surface area contributed by atoms with Gasteiger partial charge in [0.2, 0.25) is 15.9 Å². The zero-order chi connectivity index (χ0) is 19.2. The van der Waals surface area contributed by atoms with Crippen molar-refractivity contribution in [2.45, 2.75) is 18.7 Å². The monoisotopic (exact) mass is 382 g/mol. The van der Waals surface area contributed by atoms with Crippen LogP contribution in [0, 0.1) is 12.8 Å². The fourth-order valence-electron chi connectivity index (χ4n) is 3.04. The maximum absolute atomic E-state index is 12.3. The molecule has 2 N–H and O–H groups in total. The molecule has 1 aliphatic heterocycles. The number of hydrogen-bond acceptors (Lipinski definition) is 5. The van der Waals surface area contributed by atoms with Crippen LogP contribution in [0.2, 0.25) is 0 Å². The number of nitrogens with one attached hydrogen (secondary N) is 2. The number of hydrogen-bond donors (Lipinski definition) is 2. The third-order valence-electron chi connectivity index (χ3n) is 4.67. The fraction of sp³-hybridized carbons (Fsp3) is 0.611. The van der Waals surface area contributed by atoms with Gasteiger partial charge < -0.3 is 10.2 Å². The van der Waals surface area contributed by atoms with E-state index in [-0.39, 0.29) is 16.7 Å².